The Bertz CT molecular complexity index is 1330. The Morgan fingerprint density at radius 3 is 2.18 bits per heavy atom. The summed E-state index contributed by atoms with van der Waals surface area (Å²) < 4.78 is 5.72. The number of amides is 2. The van der Waals surface area contributed by atoms with Gasteiger partial charge >= 0.3 is 0 Å². The second kappa shape index (κ2) is 9.24. The van der Waals surface area contributed by atoms with Gasteiger partial charge in [-0.25, -0.2) is 4.90 Å². The van der Waals surface area contributed by atoms with E-state index in [-0.39, 0.29) is 17.4 Å². The lowest BCUT2D eigenvalue weighted by Gasteiger charge is -2.16. The van der Waals surface area contributed by atoms with Gasteiger partial charge in [0.25, 0.3) is 11.8 Å². The van der Waals surface area contributed by atoms with Gasteiger partial charge < -0.3 is 10.1 Å². The van der Waals surface area contributed by atoms with Crippen molar-refractivity contribution < 1.29 is 14.3 Å². The SMILES string of the molecule is Cc1ccc(NC2=C(c3ccc(OC(C)C)cc3)C(=O)N(c3ccc(C#N)cc3)C2=O)c(C)c1. The third-order valence-electron chi connectivity index (χ3n) is 5.49. The Balaban J connectivity index is 1.79. The highest BCUT2D eigenvalue weighted by Crippen LogP contribution is 2.35. The van der Waals surface area contributed by atoms with E-state index < -0.39 is 11.8 Å². The Morgan fingerprint density at radius 2 is 1.59 bits per heavy atom. The van der Waals surface area contributed by atoms with Crippen LogP contribution in [0.15, 0.2) is 72.4 Å². The molecule has 4 rings (SSSR count). The highest BCUT2D eigenvalue weighted by molar-refractivity contribution is 6.46. The van der Waals surface area contributed by atoms with Gasteiger partial charge in [-0.1, -0.05) is 29.8 Å². The number of rotatable bonds is 6. The van der Waals surface area contributed by atoms with Crippen LogP contribution in [-0.2, 0) is 9.59 Å². The third-order valence-corrected chi connectivity index (χ3v) is 5.49. The Morgan fingerprint density at radius 1 is 0.912 bits per heavy atom. The minimum absolute atomic E-state index is 0.0216. The zero-order chi connectivity index (χ0) is 24.4. The summed E-state index contributed by atoms with van der Waals surface area (Å²) in [6.07, 6.45) is 0.0216. The number of nitrogens with one attached hydrogen (secondary N) is 1. The number of nitrogens with zero attached hydrogens (tertiary/aromatic N) is 2. The summed E-state index contributed by atoms with van der Waals surface area (Å²) in [5, 5.41) is 12.3. The highest BCUT2D eigenvalue weighted by atomic mass is 16.5. The Kier molecular flexibility index (Phi) is 6.20. The van der Waals surface area contributed by atoms with Crippen LogP contribution < -0.4 is 15.0 Å². The van der Waals surface area contributed by atoms with E-state index in [2.05, 4.69) is 5.32 Å². The maximum Gasteiger partial charge on any atom is 0.282 e. The lowest BCUT2D eigenvalue weighted by Crippen LogP contribution is -2.32. The fraction of sp³-hybridized carbons (Fsp3) is 0.179. The van der Waals surface area contributed by atoms with E-state index in [9.17, 15) is 9.59 Å². The number of benzene rings is 3. The topological polar surface area (TPSA) is 82.4 Å². The van der Waals surface area contributed by atoms with Crippen molar-refractivity contribution in [2.24, 2.45) is 0 Å². The molecule has 1 N–H and O–H groups in total. The maximum atomic E-state index is 13.6. The molecule has 0 aromatic heterocycles. The smallest absolute Gasteiger partial charge is 0.282 e. The number of imide groups is 1. The van der Waals surface area contributed by atoms with E-state index >= 15 is 0 Å². The molecule has 6 heteroatoms. The number of ether oxygens (including phenoxy) is 1. The Hall–Kier alpha value is -4.37. The van der Waals surface area contributed by atoms with Gasteiger partial charge in [-0.15, -0.1) is 0 Å². The predicted octanol–water partition coefficient (Wildman–Crippen LogP) is 5.36. The first kappa shape index (κ1) is 22.8. The summed E-state index contributed by atoms with van der Waals surface area (Å²) in [5.41, 5.74) is 4.77. The second-order valence-electron chi connectivity index (χ2n) is 8.49. The van der Waals surface area contributed by atoms with Crippen molar-refractivity contribution >= 4 is 28.8 Å². The molecule has 0 bridgehead atoms. The van der Waals surface area contributed by atoms with Crippen LogP contribution in [0.4, 0.5) is 11.4 Å². The van der Waals surface area contributed by atoms with Crippen LogP contribution in [0.3, 0.4) is 0 Å². The number of carbonyl (C=O) groups excluding carboxylic acids is 2. The summed E-state index contributed by atoms with van der Waals surface area (Å²) in [5.74, 6) is -0.198. The molecule has 0 saturated heterocycles. The van der Waals surface area contributed by atoms with Gasteiger partial charge in [0, 0.05) is 5.69 Å². The zero-order valence-electron chi connectivity index (χ0n) is 19.5. The number of hydrogen-bond donors (Lipinski definition) is 1. The summed E-state index contributed by atoms with van der Waals surface area (Å²) in [6, 6.07) is 21.4. The van der Waals surface area contributed by atoms with Crippen LogP contribution >= 0.6 is 0 Å². The lowest BCUT2D eigenvalue weighted by atomic mass is 10.0. The first-order valence-corrected chi connectivity index (χ1v) is 11.0. The standard InChI is InChI=1S/C28H25N3O3/c1-17(2)34-23-12-8-21(9-13-23)25-26(30-24-14-5-18(3)15-19(24)4)28(33)31(27(25)32)22-10-6-20(16-29)7-11-22/h5-15,17,30H,1-4H3. The van der Waals surface area contributed by atoms with Gasteiger partial charge in [0.2, 0.25) is 0 Å². The van der Waals surface area contributed by atoms with Crippen molar-refractivity contribution in [2.75, 3.05) is 10.2 Å². The summed E-state index contributed by atoms with van der Waals surface area (Å²) in [6.45, 7) is 7.83. The molecule has 0 fully saturated rings. The molecular weight excluding hydrogens is 426 g/mol. The van der Waals surface area contributed by atoms with Gasteiger partial charge in [-0.3, -0.25) is 9.59 Å². The Labute approximate surface area is 199 Å². The van der Waals surface area contributed by atoms with Crippen LogP contribution in [0.1, 0.15) is 36.1 Å². The van der Waals surface area contributed by atoms with E-state index in [1.54, 1.807) is 48.5 Å². The molecule has 0 unspecified atom stereocenters. The second-order valence-corrected chi connectivity index (χ2v) is 8.49. The lowest BCUT2D eigenvalue weighted by molar-refractivity contribution is -0.120. The highest BCUT2D eigenvalue weighted by Gasteiger charge is 2.40. The minimum atomic E-state index is -0.452. The number of hydrogen-bond acceptors (Lipinski definition) is 5. The van der Waals surface area contributed by atoms with Crippen molar-refractivity contribution in [1.29, 1.82) is 5.26 Å². The number of anilines is 2. The molecule has 6 nitrogen and oxygen atoms in total. The van der Waals surface area contributed by atoms with E-state index in [1.807, 2.05) is 52.0 Å². The predicted molar refractivity (Wildman–Crippen MR) is 132 cm³/mol. The van der Waals surface area contributed by atoms with Crippen LogP contribution in [-0.4, -0.2) is 17.9 Å². The molecule has 0 spiro atoms. The molecule has 0 saturated carbocycles. The largest absolute Gasteiger partial charge is 0.491 e. The molecule has 0 atom stereocenters. The van der Waals surface area contributed by atoms with Gasteiger partial charge in [0.15, 0.2) is 0 Å². The van der Waals surface area contributed by atoms with Crippen molar-refractivity contribution in [3.63, 3.8) is 0 Å². The third kappa shape index (κ3) is 4.41. The molecule has 170 valence electrons. The van der Waals surface area contributed by atoms with E-state index in [0.717, 1.165) is 21.7 Å². The molecule has 1 aliphatic rings. The normalized spacial score (nSPS) is 13.5. The number of nitriles is 1. The van der Waals surface area contributed by atoms with Crippen LogP contribution in [0, 0.1) is 25.2 Å². The molecule has 3 aromatic rings. The first-order chi connectivity index (χ1) is 16.3. The van der Waals surface area contributed by atoms with E-state index in [0.29, 0.717) is 22.6 Å². The van der Waals surface area contributed by atoms with E-state index in [1.165, 1.54) is 0 Å². The van der Waals surface area contributed by atoms with Crippen molar-refractivity contribution in [3.05, 3.63) is 94.7 Å². The molecule has 3 aromatic carbocycles. The molecule has 0 radical (unpaired) electrons. The molecule has 1 heterocycles. The van der Waals surface area contributed by atoms with Crippen LogP contribution in [0.25, 0.3) is 5.57 Å². The molecule has 34 heavy (non-hydrogen) atoms. The monoisotopic (exact) mass is 451 g/mol. The maximum absolute atomic E-state index is 13.6. The van der Waals surface area contributed by atoms with E-state index in [4.69, 9.17) is 10.00 Å². The average molecular weight is 452 g/mol. The summed E-state index contributed by atoms with van der Waals surface area (Å²) >= 11 is 0. The van der Waals surface area contributed by atoms with Gasteiger partial charge in [0.1, 0.15) is 11.4 Å². The fourth-order valence-electron chi connectivity index (χ4n) is 3.89. The average Bonchev–Trinajstić information content (AvgIpc) is 3.05. The van der Waals surface area contributed by atoms with Crippen LogP contribution in [0.5, 0.6) is 5.75 Å². The summed E-state index contributed by atoms with van der Waals surface area (Å²) in [7, 11) is 0. The zero-order valence-corrected chi connectivity index (χ0v) is 19.5. The quantitative estimate of drug-likeness (QED) is 0.510. The number of carbonyl (C=O) groups is 2. The molecule has 2 amide bonds. The minimum Gasteiger partial charge on any atom is -0.491 e. The van der Waals surface area contributed by atoms with Gasteiger partial charge in [-0.2, -0.15) is 5.26 Å². The fourth-order valence-corrected chi connectivity index (χ4v) is 3.89. The van der Waals surface area contributed by atoms with Crippen molar-refractivity contribution in [1.82, 2.24) is 0 Å². The molecule has 1 aliphatic heterocycles. The number of aryl methyl sites for hydroxylation is 2. The van der Waals surface area contributed by atoms with Crippen molar-refractivity contribution in [2.45, 2.75) is 33.8 Å². The first-order valence-electron chi connectivity index (χ1n) is 11.0. The van der Waals surface area contributed by atoms with Gasteiger partial charge in [0.05, 0.1) is 29.0 Å². The summed E-state index contributed by atoms with van der Waals surface area (Å²) in [4.78, 5) is 28.3. The molecular formula is C28H25N3O3. The van der Waals surface area contributed by atoms with Crippen LogP contribution in [0.2, 0.25) is 0 Å². The van der Waals surface area contributed by atoms with Gasteiger partial charge in [-0.05, 0) is 81.3 Å². The molecule has 0 aliphatic carbocycles. The van der Waals surface area contributed by atoms with Crippen molar-refractivity contribution in [3.8, 4) is 11.8 Å².